The Hall–Kier alpha value is -3.18. The van der Waals surface area contributed by atoms with Crippen LogP contribution in [-0.4, -0.2) is 16.8 Å². The monoisotopic (exact) mass is 445 g/mol. The van der Waals surface area contributed by atoms with E-state index in [1.165, 1.54) is 16.2 Å². The van der Waals surface area contributed by atoms with Crippen LogP contribution in [0.3, 0.4) is 0 Å². The molecule has 1 fully saturated rings. The lowest BCUT2D eigenvalue weighted by Crippen LogP contribution is -2.29. The molecule has 1 amide bonds. The number of aliphatic hydroxyl groups is 1. The smallest absolute Gasteiger partial charge is 0.300 e. The highest BCUT2D eigenvalue weighted by molar-refractivity contribution is 7.10. The maximum atomic E-state index is 13.3. The molecule has 3 aromatic rings. The second kappa shape index (κ2) is 8.06. The van der Waals surface area contributed by atoms with E-state index in [2.05, 4.69) is 20.8 Å². The summed E-state index contributed by atoms with van der Waals surface area (Å²) in [5, 5.41) is 13.4. The zero-order chi connectivity index (χ0) is 23.2. The second-order valence-electron chi connectivity index (χ2n) is 9.25. The van der Waals surface area contributed by atoms with Crippen molar-refractivity contribution in [2.24, 2.45) is 0 Å². The van der Waals surface area contributed by atoms with E-state index in [-0.39, 0.29) is 16.7 Å². The summed E-state index contributed by atoms with van der Waals surface area (Å²) >= 11 is 1.47. The molecule has 0 aliphatic carbocycles. The van der Waals surface area contributed by atoms with Gasteiger partial charge in [-0.2, -0.15) is 0 Å². The minimum atomic E-state index is -0.672. The molecule has 1 aliphatic heterocycles. The lowest BCUT2D eigenvalue weighted by atomic mass is 9.84. The molecule has 0 spiro atoms. The van der Waals surface area contributed by atoms with Crippen LogP contribution in [0.4, 0.5) is 5.69 Å². The third-order valence-electron chi connectivity index (χ3n) is 5.99. The molecular weight excluding hydrogens is 418 g/mol. The van der Waals surface area contributed by atoms with E-state index in [1.54, 1.807) is 0 Å². The Morgan fingerprint density at radius 2 is 1.69 bits per heavy atom. The first-order valence-electron chi connectivity index (χ1n) is 10.6. The van der Waals surface area contributed by atoms with Gasteiger partial charge >= 0.3 is 0 Å². The molecule has 1 unspecified atom stereocenters. The number of ketones is 1. The van der Waals surface area contributed by atoms with Crippen LogP contribution in [-0.2, 0) is 15.0 Å². The second-order valence-corrected chi connectivity index (χ2v) is 10.2. The van der Waals surface area contributed by atoms with Crippen molar-refractivity contribution < 1.29 is 14.7 Å². The average Bonchev–Trinajstić information content (AvgIpc) is 3.35. The highest BCUT2D eigenvalue weighted by atomic mass is 32.1. The number of aryl methyl sites for hydroxylation is 2. The van der Waals surface area contributed by atoms with Crippen molar-refractivity contribution in [1.29, 1.82) is 0 Å². The number of carbonyl (C=O) groups excluding carboxylic acids is 2. The first kappa shape index (κ1) is 22.0. The molecule has 4 nitrogen and oxygen atoms in total. The number of Topliss-reactive ketones (excluding diaryl/α,β-unsaturated/α-hetero) is 1. The lowest BCUT2D eigenvalue weighted by molar-refractivity contribution is -0.132. The number of para-hydroxylation sites is 1. The predicted octanol–water partition coefficient (Wildman–Crippen LogP) is 6.29. The predicted molar refractivity (Wildman–Crippen MR) is 130 cm³/mol. The van der Waals surface area contributed by atoms with Crippen LogP contribution in [0.1, 0.15) is 53.9 Å². The molecule has 32 heavy (non-hydrogen) atoms. The van der Waals surface area contributed by atoms with Gasteiger partial charge in [0.2, 0.25) is 0 Å². The fourth-order valence-corrected chi connectivity index (χ4v) is 4.94. The maximum Gasteiger partial charge on any atom is 0.300 e. The van der Waals surface area contributed by atoms with Gasteiger partial charge in [0.25, 0.3) is 11.7 Å². The highest BCUT2D eigenvalue weighted by Gasteiger charge is 2.47. The molecule has 1 saturated heterocycles. The van der Waals surface area contributed by atoms with E-state index in [0.717, 1.165) is 21.6 Å². The Bertz CT molecular complexity index is 1230. The first-order valence-corrected chi connectivity index (χ1v) is 11.5. The summed E-state index contributed by atoms with van der Waals surface area (Å²) in [7, 11) is 0. The molecular formula is C27H27NO3S. The SMILES string of the molecule is Cc1ccc(C(C)(C)C)cc1/C(O)=C1\C(=O)C(=O)N(c2ccccc2C)C1c1cccs1. The van der Waals surface area contributed by atoms with Crippen LogP contribution in [0.5, 0.6) is 0 Å². The fraction of sp³-hybridized carbons (Fsp3) is 0.259. The van der Waals surface area contributed by atoms with Crippen LogP contribution < -0.4 is 4.90 Å². The zero-order valence-electron chi connectivity index (χ0n) is 19.0. The standard InChI is InChI=1S/C27H27NO3S/c1-16-12-13-18(27(3,4)5)15-19(16)24(29)22-23(21-11-8-14-32-21)28(26(31)25(22)30)20-10-7-6-9-17(20)2/h6-15,23,29H,1-5H3/b24-22+. The minimum absolute atomic E-state index is 0.122. The van der Waals surface area contributed by atoms with Crippen molar-refractivity contribution in [3.63, 3.8) is 0 Å². The van der Waals surface area contributed by atoms with Gasteiger partial charge in [-0.1, -0.05) is 57.2 Å². The topological polar surface area (TPSA) is 57.6 Å². The number of hydrogen-bond donors (Lipinski definition) is 1. The number of thiophene rings is 1. The Morgan fingerprint density at radius 3 is 2.31 bits per heavy atom. The Kier molecular flexibility index (Phi) is 5.55. The van der Waals surface area contributed by atoms with Gasteiger partial charge in [-0.05, 0) is 59.5 Å². The third kappa shape index (κ3) is 3.67. The number of amides is 1. The first-order chi connectivity index (χ1) is 15.1. The van der Waals surface area contributed by atoms with Gasteiger partial charge in [0.15, 0.2) is 0 Å². The minimum Gasteiger partial charge on any atom is -0.507 e. The molecule has 164 valence electrons. The largest absolute Gasteiger partial charge is 0.507 e. The number of anilines is 1. The highest BCUT2D eigenvalue weighted by Crippen LogP contribution is 2.44. The van der Waals surface area contributed by atoms with Crippen molar-refractivity contribution >= 4 is 34.5 Å². The van der Waals surface area contributed by atoms with Crippen molar-refractivity contribution in [2.45, 2.75) is 46.1 Å². The molecule has 0 saturated carbocycles. The van der Waals surface area contributed by atoms with E-state index in [0.29, 0.717) is 11.3 Å². The quantitative estimate of drug-likeness (QED) is 0.293. The summed E-state index contributed by atoms with van der Waals surface area (Å²) in [5.41, 5.74) is 4.06. The summed E-state index contributed by atoms with van der Waals surface area (Å²) in [4.78, 5) is 28.9. The van der Waals surface area contributed by atoms with Gasteiger partial charge < -0.3 is 5.11 Å². The molecule has 0 bridgehead atoms. The summed E-state index contributed by atoms with van der Waals surface area (Å²) in [6.07, 6.45) is 0. The van der Waals surface area contributed by atoms with E-state index in [4.69, 9.17) is 0 Å². The van der Waals surface area contributed by atoms with E-state index < -0.39 is 17.7 Å². The average molecular weight is 446 g/mol. The molecule has 4 rings (SSSR count). The molecule has 1 aromatic heterocycles. The number of nitrogens with zero attached hydrogens (tertiary/aromatic N) is 1. The summed E-state index contributed by atoms with van der Waals surface area (Å²) < 4.78 is 0. The lowest BCUT2D eigenvalue weighted by Gasteiger charge is -2.26. The van der Waals surface area contributed by atoms with E-state index in [9.17, 15) is 14.7 Å². The molecule has 1 atom stereocenters. The molecule has 0 radical (unpaired) electrons. The van der Waals surface area contributed by atoms with Gasteiger partial charge in [-0.3, -0.25) is 14.5 Å². The van der Waals surface area contributed by atoms with Crippen LogP contribution in [0.2, 0.25) is 0 Å². The number of aliphatic hydroxyl groups excluding tert-OH is 1. The van der Waals surface area contributed by atoms with Crippen molar-refractivity contribution in [1.82, 2.24) is 0 Å². The van der Waals surface area contributed by atoms with Gasteiger partial charge in [0.1, 0.15) is 11.8 Å². The number of rotatable bonds is 3. The van der Waals surface area contributed by atoms with Crippen molar-refractivity contribution in [3.05, 3.63) is 92.7 Å². The van der Waals surface area contributed by atoms with Crippen LogP contribution >= 0.6 is 11.3 Å². The van der Waals surface area contributed by atoms with Gasteiger partial charge in [-0.15, -0.1) is 11.3 Å². The number of benzene rings is 2. The number of hydrogen-bond acceptors (Lipinski definition) is 4. The summed E-state index contributed by atoms with van der Waals surface area (Å²) in [5.74, 6) is -1.41. The molecule has 1 N–H and O–H groups in total. The molecule has 2 aromatic carbocycles. The number of carbonyl (C=O) groups is 2. The van der Waals surface area contributed by atoms with Gasteiger partial charge in [0.05, 0.1) is 5.57 Å². The van der Waals surface area contributed by atoms with Crippen molar-refractivity contribution in [3.8, 4) is 0 Å². The Balaban J connectivity index is 1.97. The summed E-state index contributed by atoms with van der Waals surface area (Å²) in [6, 6.07) is 16.5. The van der Waals surface area contributed by atoms with E-state index >= 15 is 0 Å². The maximum absolute atomic E-state index is 13.3. The van der Waals surface area contributed by atoms with Crippen molar-refractivity contribution in [2.75, 3.05) is 4.90 Å². The van der Waals surface area contributed by atoms with Gasteiger partial charge in [-0.25, -0.2) is 0 Å². The third-order valence-corrected chi connectivity index (χ3v) is 6.92. The van der Waals surface area contributed by atoms with Crippen LogP contribution in [0, 0.1) is 13.8 Å². The van der Waals surface area contributed by atoms with E-state index in [1.807, 2.05) is 73.8 Å². The van der Waals surface area contributed by atoms with Crippen LogP contribution in [0.25, 0.3) is 5.76 Å². The molecule has 2 heterocycles. The Morgan fingerprint density at radius 1 is 0.969 bits per heavy atom. The molecule has 1 aliphatic rings. The van der Waals surface area contributed by atoms with Crippen LogP contribution in [0.15, 0.2) is 65.6 Å². The normalized spacial score (nSPS) is 18.4. The fourth-order valence-electron chi connectivity index (χ4n) is 4.12. The Labute approximate surface area is 192 Å². The zero-order valence-corrected chi connectivity index (χ0v) is 19.8. The molecule has 5 heteroatoms. The van der Waals surface area contributed by atoms with Gasteiger partial charge in [0, 0.05) is 16.1 Å². The summed E-state index contributed by atoms with van der Waals surface area (Å²) in [6.45, 7) is 10.1.